The molecule has 0 amide bonds. The van der Waals surface area contributed by atoms with Crippen molar-refractivity contribution in [2.24, 2.45) is 0 Å². The molecule has 1 heterocycles. The fraction of sp³-hybridized carbons (Fsp3) is 0.500. The molecule has 1 aliphatic rings. The lowest BCUT2D eigenvalue weighted by Crippen LogP contribution is -2.16. The van der Waals surface area contributed by atoms with Gasteiger partial charge in [-0.15, -0.1) is 0 Å². The minimum absolute atomic E-state index is 0.250. The maximum Gasteiger partial charge on any atom is 0.327 e. The molecule has 0 saturated carbocycles. The zero-order chi connectivity index (χ0) is 15.5. The average molecular weight is 278 g/mol. The maximum atomic E-state index is 9.25. The van der Waals surface area contributed by atoms with Crippen molar-refractivity contribution in [3.8, 4) is 0 Å². The molecule has 112 valence electrons. The van der Waals surface area contributed by atoms with Crippen LogP contribution in [0.2, 0.25) is 0 Å². The highest BCUT2D eigenvalue weighted by molar-refractivity contribution is 5.79. The van der Waals surface area contributed by atoms with Crippen LogP contribution in [0.1, 0.15) is 6.92 Å². The third kappa shape index (κ3) is 48.4. The molecule has 0 aliphatic carbocycles. The number of aliphatic hydroxyl groups excluding tert-OH is 1. The number of carboxylic acid groups (broad SMARTS) is 2. The van der Waals surface area contributed by atoms with Gasteiger partial charge in [0.05, 0.1) is 26.4 Å². The molecule has 7 heteroatoms. The van der Waals surface area contributed by atoms with Gasteiger partial charge < -0.3 is 24.8 Å². The Balaban J connectivity index is -0.000000185. The van der Waals surface area contributed by atoms with Crippen LogP contribution in [0.3, 0.4) is 0 Å². The Labute approximate surface area is 112 Å². The Bertz CT molecular complexity index is 205. The predicted molar refractivity (Wildman–Crippen MR) is 70.1 cm³/mol. The van der Waals surface area contributed by atoms with Crippen LogP contribution in [0.15, 0.2) is 25.3 Å². The zero-order valence-electron chi connectivity index (χ0n) is 11.1. The third-order valence-electron chi connectivity index (χ3n) is 1.09. The monoisotopic (exact) mass is 278 g/mol. The first-order chi connectivity index (χ1) is 8.95. The van der Waals surface area contributed by atoms with Crippen LogP contribution in [0.25, 0.3) is 0 Å². The molecule has 0 radical (unpaired) electrons. The van der Waals surface area contributed by atoms with E-state index in [9.17, 15) is 9.59 Å². The van der Waals surface area contributed by atoms with Crippen molar-refractivity contribution in [1.82, 2.24) is 0 Å². The molecule has 1 saturated heterocycles. The summed E-state index contributed by atoms with van der Waals surface area (Å²) in [6.07, 6.45) is 1.67. The van der Waals surface area contributed by atoms with Gasteiger partial charge in [0, 0.05) is 18.8 Å². The van der Waals surface area contributed by atoms with Gasteiger partial charge >= 0.3 is 11.9 Å². The van der Waals surface area contributed by atoms with E-state index < -0.39 is 11.9 Å². The van der Waals surface area contributed by atoms with Gasteiger partial charge in [-0.2, -0.15) is 0 Å². The molecular formula is C12H22O7. The number of aliphatic hydroxyl groups is 1. The summed E-state index contributed by atoms with van der Waals surface area (Å²) in [6, 6.07) is 0. The van der Waals surface area contributed by atoms with E-state index in [2.05, 4.69) is 13.2 Å². The molecule has 1 fully saturated rings. The highest BCUT2D eigenvalue weighted by Gasteiger charge is 1.94. The number of carbonyl (C=O) groups is 2. The van der Waals surface area contributed by atoms with Crippen molar-refractivity contribution in [3.05, 3.63) is 25.3 Å². The highest BCUT2D eigenvalue weighted by Crippen LogP contribution is 1.85. The molecule has 7 nitrogen and oxygen atoms in total. The molecule has 19 heavy (non-hydrogen) atoms. The molecule has 0 aromatic rings. The van der Waals surface area contributed by atoms with Gasteiger partial charge in [0.2, 0.25) is 0 Å². The van der Waals surface area contributed by atoms with Crippen LogP contribution in [-0.2, 0) is 19.1 Å². The van der Waals surface area contributed by atoms with E-state index in [0.29, 0.717) is 0 Å². The summed E-state index contributed by atoms with van der Waals surface area (Å²) in [7, 11) is 0. The molecule has 1 rings (SSSR count). The van der Waals surface area contributed by atoms with Crippen molar-refractivity contribution in [2.45, 2.75) is 6.92 Å². The lowest BCUT2D eigenvalue weighted by atomic mass is 10.6. The lowest BCUT2D eigenvalue weighted by Gasteiger charge is -2.09. The SMILES string of the molecule is C1COCCO1.C=CC(=O)O.C=CC(=O)O.CCO. The molecule has 3 N–H and O–H groups in total. The van der Waals surface area contributed by atoms with E-state index in [0.717, 1.165) is 38.6 Å². The van der Waals surface area contributed by atoms with Gasteiger partial charge in [0.25, 0.3) is 0 Å². The fourth-order valence-corrected chi connectivity index (χ4v) is 0.440. The van der Waals surface area contributed by atoms with Gasteiger partial charge in [-0.1, -0.05) is 13.2 Å². The number of hydrogen-bond acceptors (Lipinski definition) is 5. The van der Waals surface area contributed by atoms with Crippen LogP contribution in [0, 0.1) is 0 Å². The van der Waals surface area contributed by atoms with Crippen LogP contribution < -0.4 is 0 Å². The van der Waals surface area contributed by atoms with Crippen molar-refractivity contribution in [1.29, 1.82) is 0 Å². The largest absolute Gasteiger partial charge is 0.478 e. The van der Waals surface area contributed by atoms with Crippen molar-refractivity contribution in [2.75, 3.05) is 33.0 Å². The van der Waals surface area contributed by atoms with Gasteiger partial charge in [-0.3, -0.25) is 0 Å². The van der Waals surface area contributed by atoms with Crippen molar-refractivity contribution < 1.29 is 34.4 Å². The molecule has 0 aromatic heterocycles. The van der Waals surface area contributed by atoms with Crippen molar-refractivity contribution >= 4 is 11.9 Å². The molecule has 0 aromatic carbocycles. The van der Waals surface area contributed by atoms with Crippen molar-refractivity contribution in [3.63, 3.8) is 0 Å². The Morgan fingerprint density at radius 2 is 1.16 bits per heavy atom. The average Bonchev–Trinajstić information content (AvgIpc) is 2.43. The van der Waals surface area contributed by atoms with E-state index in [-0.39, 0.29) is 6.61 Å². The summed E-state index contributed by atoms with van der Waals surface area (Å²) >= 11 is 0. The Hall–Kier alpha value is -1.70. The van der Waals surface area contributed by atoms with Gasteiger partial charge in [-0.05, 0) is 6.92 Å². The normalized spacial score (nSPS) is 11.9. The second-order valence-corrected chi connectivity index (χ2v) is 2.63. The first-order valence-corrected chi connectivity index (χ1v) is 5.43. The highest BCUT2D eigenvalue weighted by atomic mass is 16.6. The zero-order valence-corrected chi connectivity index (χ0v) is 11.1. The molecular weight excluding hydrogens is 256 g/mol. The Morgan fingerprint density at radius 1 is 1.00 bits per heavy atom. The number of ether oxygens (including phenoxy) is 2. The topological polar surface area (TPSA) is 113 Å². The van der Waals surface area contributed by atoms with E-state index in [4.69, 9.17) is 24.8 Å². The molecule has 1 aliphatic heterocycles. The smallest absolute Gasteiger partial charge is 0.327 e. The molecule has 0 bridgehead atoms. The number of hydrogen-bond donors (Lipinski definition) is 3. The summed E-state index contributed by atoms with van der Waals surface area (Å²) < 4.78 is 9.89. The van der Waals surface area contributed by atoms with E-state index in [1.165, 1.54) is 0 Å². The Morgan fingerprint density at radius 3 is 1.21 bits per heavy atom. The van der Waals surface area contributed by atoms with Crippen LogP contribution >= 0.6 is 0 Å². The maximum absolute atomic E-state index is 9.25. The quantitative estimate of drug-likeness (QED) is 0.632. The van der Waals surface area contributed by atoms with Crippen LogP contribution in [-0.4, -0.2) is 60.3 Å². The minimum Gasteiger partial charge on any atom is -0.478 e. The third-order valence-corrected chi connectivity index (χ3v) is 1.09. The number of rotatable bonds is 2. The first-order valence-electron chi connectivity index (χ1n) is 5.43. The molecule has 0 atom stereocenters. The van der Waals surface area contributed by atoms with Crippen LogP contribution in [0.4, 0.5) is 0 Å². The Kier molecular flexibility index (Phi) is 25.5. The lowest BCUT2D eigenvalue weighted by molar-refractivity contribution is -0.132. The first kappa shape index (κ1) is 22.5. The predicted octanol–water partition coefficient (Wildman–Crippen LogP) is 0.546. The summed E-state index contributed by atoms with van der Waals surface area (Å²) in [5, 5.41) is 22.8. The van der Waals surface area contributed by atoms with Gasteiger partial charge in [-0.25, -0.2) is 9.59 Å². The van der Waals surface area contributed by atoms with E-state index >= 15 is 0 Å². The summed E-state index contributed by atoms with van der Waals surface area (Å²) in [5.41, 5.74) is 0. The van der Waals surface area contributed by atoms with E-state index in [1.807, 2.05) is 0 Å². The summed E-state index contributed by atoms with van der Waals surface area (Å²) in [4.78, 5) is 18.5. The fourth-order valence-electron chi connectivity index (χ4n) is 0.440. The van der Waals surface area contributed by atoms with E-state index in [1.54, 1.807) is 6.92 Å². The summed E-state index contributed by atoms with van der Waals surface area (Å²) in [5.74, 6) is -1.96. The minimum atomic E-state index is -0.981. The number of aliphatic carboxylic acids is 2. The summed E-state index contributed by atoms with van der Waals surface area (Å²) in [6.45, 7) is 11.0. The van der Waals surface area contributed by atoms with Gasteiger partial charge in [0.1, 0.15) is 0 Å². The molecule has 0 unspecified atom stereocenters. The number of carboxylic acids is 2. The molecule has 0 spiro atoms. The van der Waals surface area contributed by atoms with Gasteiger partial charge in [0.15, 0.2) is 0 Å². The second kappa shape index (κ2) is 21.6. The second-order valence-electron chi connectivity index (χ2n) is 2.63. The standard InChI is InChI=1S/C4H8O2.2C3H4O2.C2H6O/c1-2-6-4-3-5-1;2*1-2-3(4)5;1-2-3/h1-4H2;2*2H,1H2,(H,4,5);3H,2H2,1H3. The van der Waals surface area contributed by atoms with Crippen LogP contribution in [0.5, 0.6) is 0 Å².